The Balaban J connectivity index is 1.71. The fourth-order valence-corrected chi connectivity index (χ4v) is 5.57. The van der Waals surface area contributed by atoms with Crippen molar-refractivity contribution >= 4 is 15.9 Å². The fourth-order valence-electron chi connectivity index (χ4n) is 4.59. The lowest BCUT2D eigenvalue weighted by Gasteiger charge is -2.23. The van der Waals surface area contributed by atoms with Crippen molar-refractivity contribution in [3.63, 3.8) is 0 Å². The maximum absolute atomic E-state index is 14.5. The highest BCUT2D eigenvalue weighted by Crippen LogP contribution is 2.35. The number of benzene rings is 1. The van der Waals surface area contributed by atoms with Crippen LogP contribution in [0.15, 0.2) is 53.6 Å². The van der Waals surface area contributed by atoms with E-state index in [-0.39, 0.29) is 40.3 Å². The number of nitrogens with one attached hydrogen (secondary N) is 1. The number of pyridine rings is 2. The number of nitrogens with zero attached hydrogens (tertiary/aromatic N) is 2. The number of sulfonamides is 1. The third-order valence-corrected chi connectivity index (χ3v) is 7.90. The molecular weight excluding hydrogens is 521 g/mol. The molecule has 1 fully saturated rings. The molecule has 3 aromatic rings. The third-order valence-electron chi connectivity index (χ3n) is 6.67. The van der Waals surface area contributed by atoms with Gasteiger partial charge in [0.1, 0.15) is 23.2 Å². The predicted octanol–water partition coefficient (Wildman–Crippen LogP) is 5.56. The van der Waals surface area contributed by atoms with Gasteiger partial charge in [0.05, 0.1) is 12.3 Å². The van der Waals surface area contributed by atoms with Gasteiger partial charge < -0.3 is 9.47 Å². The zero-order valence-electron chi connectivity index (χ0n) is 22.8. The molecule has 1 saturated carbocycles. The van der Waals surface area contributed by atoms with Crippen LogP contribution in [0.1, 0.15) is 56.6 Å². The van der Waals surface area contributed by atoms with Crippen LogP contribution < -0.4 is 14.2 Å². The van der Waals surface area contributed by atoms with Crippen molar-refractivity contribution in [3.8, 4) is 22.9 Å². The van der Waals surface area contributed by atoms with Gasteiger partial charge in [-0.05, 0) is 73.9 Å². The van der Waals surface area contributed by atoms with Crippen molar-refractivity contribution in [1.29, 1.82) is 0 Å². The molecule has 1 amide bonds. The molecule has 2 heterocycles. The number of aryl methyl sites for hydroxylation is 1. The van der Waals surface area contributed by atoms with E-state index in [0.717, 1.165) is 12.8 Å². The molecule has 0 aliphatic heterocycles. The van der Waals surface area contributed by atoms with Crippen LogP contribution in [0.25, 0.3) is 11.3 Å². The van der Waals surface area contributed by atoms with E-state index in [9.17, 15) is 17.6 Å². The zero-order chi connectivity index (χ0) is 28.3. The average Bonchev–Trinajstić information content (AvgIpc) is 3.19. The molecule has 4 rings (SSSR count). The minimum atomic E-state index is -4.24. The van der Waals surface area contributed by atoms with Gasteiger partial charge in [0.25, 0.3) is 15.9 Å². The Labute approximate surface area is 229 Å². The minimum Gasteiger partial charge on any atom is -0.493 e. The van der Waals surface area contributed by atoms with Gasteiger partial charge in [-0.15, -0.1) is 0 Å². The summed E-state index contributed by atoms with van der Waals surface area (Å²) in [6, 6.07) is 11.8. The Morgan fingerprint density at radius 1 is 1.08 bits per heavy atom. The van der Waals surface area contributed by atoms with Gasteiger partial charge in [0.2, 0.25) is 5.88 Å². The first-order valence-electron chi connectivity index (χ1n) is 13.0. The first kappa shape index (κ1) is 28.5. The van der Waals surface area contributed by atoms with Crippen molar-refractivity contribution in [2.75, 3.05) is 6.61 Å². The number of carbonyl (C=O) groups excluding carboxylic acids is 1. The average molecular weight is 556 g/mol. The second kappa shape index (κ2) is 11.7. The molecule has 0 radical (unpaired) electrons. The predicted molar refractivity (Wildman–Crippen MR) is 146 cm³/mol. The largest absolute Gasteiger partial charge is 0.493 e. The molecule has 1 N–H and O–H groups in total. The van der Waals surface area contributed by atoms with Crippen LogP contribution in [0, 0.1) is 30.5 Å². The summed E-state index contributed by atoms with van der Waals surface area (Å²) in [4.78, 5) is 21.9. The first-order chi connectivity index (χ1) is 18.4. The number of ether oxygens (including phenoxy) is 2. The molecule has 0 bridgehead atoms. The standard InChI is InChI=1S/C29H34FN3O5S/c1-17(2)16-37-23-14-21(13-22(30)15-23)25-12-11-24(29(32-25)38-27-18(3)9-10-19(27)4)28(34)33-39(35,36)26-8-6-7-20(5)31-26/h6-8,11-15,17-19,27H,9-10,16H2,1-5H3,(H,33,34). The van der Waals surface area contributed by atoms with E-state index in [1.165, 1.54) is 30.3 Å². The molecule has 8 nitrogen and oxygen atoms in total. The highest BCUT2D eigenvalue weighted by atomic mass is 32.2. The van der Waals surface area contributed by atoms with Gasteiger partial charge in [0.15, 0.2) is 5.03 Å². The van der Waals surface area contributed by atoms with Gasteiger partial charge in [-0.25, -0.2) is 19.1 Å². The molecule has 1 aliphatic carbocycles. The smallest absolute Gasteiger partial charge is 0.281 e. The van der Waals surface area contributed by atoms with E-state index in [1.54, 1.807) is 25.1 Å². The van der Waals surface area contributed by atoms with E-state index in [1.807, 2.05) is 13.8 Å². The van der Waals surface area contributed by atoms with E-state index >= 15 is 0 Å². The number of aromatic nitrogens is 2. The van der Waals surface area contributed by atoms with Gasteiger partial charge in [0, 0.05) is 17.3 Å². The molecule has 1 aromatic carbocycles. The summed E-state index contributed by atoms with van der Waals surface area (Å²) in [6.45, 7) is 10.2. The normalized spacial score (nSPS) is 19.2. The van der Waals surface area contributed by atoms with Crippen LogP contribution >= 0.6 is 0 Å². The van der Waals surface area contributed by atoms with Crippen LogP contribution in [0.5, 0.6) is 11.6 Å². The summed E-state index contributed by atoms with van der Waals surface area (Å²) in [5.74, 6) is -0.359. The topological polar surface area (TPSA) is 107 Å². The van der Waals surface area contributed by atoms with Crippen LogP contribution in [-0.4, -0.2) is 37.0 Å². The second-order valence-electron chi connectivity index (χ2n) is 10.6. The SMILES string of the molecule is Cc1cccc(S(=O)(=O)NC(=O)c2ccc(-c3cc(F)cc(OCC(C)C)c3)nc2OC2C(C)CCC2C)n1. The Morgan fingerprint density at radius 3 is 2.46 bits per heavy atom. The Hall–Kier alpha value is -3.53. The second-order valence-corrected chi connectivity index (χ2v) is 12.2. The van der Waals surface area contributed by atoms with E-state index < -0.39 is 21.7 Å². The van der Waals surface area contributed by atoms with Gasteiger partial charge in [-0.2, -0.15) is 8.42 Å². The number of rotatable bonds is 9. The maximum atomic E-state index is 14.5. The van der Waals surface area contributed by atoms with Gasteiger partial charge >= 0.3 is 0 Å². The Kier molecular flexibility index (Phi) is 8.54. The summed E-state index contributed by atoms with van der Waals surface area (Å²) in [5.41, 5.74) is 1.25. The molecule has 2 unspecified atom stereocenters. The Bertz CT molecular complexity index is 1450. The summed E-state index contributed by atoms with van der Waals surface area (Å²) >= 11 is 0. The van der Waals surface area contributed by atoms with Gasteiger partial charge in [-0.3, -0.25) is 4.79 Å². The van der Waals surface area contributed by atoms with Crippen molar-refractivity contribution in [1.82, 2.24) is 14.7 Å². The number of hydrogen-bond acceptors (Lipinski definition) is 7. The molecule has 39 heavy (non-hydrogen) atoms. The third kappa shape index (κ3) is 6.92. The number of hydrogen-bond donors (Lipinski definition) is 1. The maximum Gasteiger partial charge on any atom is 0.281 e. The summed E-state index contributed by atoms with van der Waals surface area (Å²) in [7, 11) is -4.24. The first-order valence-corrected chi connectivity index (χ1v) is 14.5. The quantitative estimate of drug-likeness (QED) is 0.368. The highest BCUT2D eigenvalue weighted by molar-refractivity contribution is 7.90. The van der Waals surface area contributed by atoms with Crippen molar-refractivity contribution in [3.05, 3.63) is 65.6 Å². The van der Waals surface area contributed by atoms with Crippen LogP contribution in [0.3, 0.4) is 0 Å². The molecular formula is C29H34FN3O5S. The van der Waals surface area contributed by atoms with Crippen molar-refractivity contribution < 1.29 is 27.1 Å². The number of halogens is 1. The lowest BCUT2D eigenvalue weighted by atomic mass is 10.0. The van der Waals surface area contributed by atoms with E-state index in [4.69, 9.17) is 9.47 Å². The molecule has 2 aromatic heterocycles. The molecule has 2 atom stereocenters. The molecule has 10 heteroatoms. The van der Waals surface area contributed by atoms with E-state index in [0.29, 0.717) is 29.3 Å². The van der Waals surface area contributed by atoms with Crippen LogP contribution in [0.4, 0.5) is 4.39 Å². The summed E-state index contributed by atoms with van der Waals surface area (Å²) in [5, 5.41) is -0.269. The zero-order valence-corrected chi connectivity index (χ0v) is 23.6. The Morgan fingerprint density at radius 2 is 1.79 bits per heavy atom. The summed E-state index contributed by atoms with van der Waals surface area (Å²) < 4.78 is 54.3. The number of carbonyl (C=O) groups is 1. The van der Waals surface area contributed by atoms with Crippen LogP contribution in [0.2, 0.25) is 0 Å². The molecule has 0 spiro atoms. The van der Waals surface area contributed by atoms with Crippen molar-refractivity contribution in [2.45, 2.75) is 58.6 Å². The highest BCUT2D eigenvalue weighted by Gasteiger charge is 2.34. The summed E-state index contributed by atoms with van der Waals surface area (Å²) in [6.07, 6.45) is 1.70. The lowest BCUT2D eigenvalue weighted by Crippen LogP contribution is -2.33. The molecule has 0 saturated heterocycles. The lowest BCUT2D eigenvalue weighted by molar-refractivity contribution is 0.0954. The van der Waals surface area contributed by atoms with E-state index in [2.05, 4.69) is 28.5 Å². The molecule has 208 valence electrons. The number of amides is 1. The molecule has 1 aliphatic rings. The monoisotopic (exact) mass is 555 g/mol. The van der Waals surface area contributed by atoms with Crippen LogP contribution in [-0.2, 0) is 10.0 Å². The van der Waals surface area contributed by atoms with Crippen molar-refractivity contribution in [2.24, 2.45) is 17.8 Å². The fraction of sp³-hybridized carbons (Fsp3) is 0.414. The van der Waals surface area contributed by atoms with Gasteiger partial charge in [-0.1, -0.05) is 33.8 Å². The minimum absolute atomic E-state index is 0.0167.